The number of nitrogens with zero attached hydrogens (tertiary/aromatic N) is 2. The summed E-state index contributed by atoms with van der Waals surface area (Å²) >= 11 is 0. The van der Waals surface area contributed by atoms with E-state index in [4.69, 9.17) is 4.52 Å². The molecular weight excluding hydrogens is 230 g/mol. The van der Waals surface area contributed by atoms with Gasteiger partial charge in [-0.15, -0.1) is 0 Å². The summed E-state index contributed by atoms with van der Waals surface area (Å²) in [6.07, 6.45) is 0.704. The van der Waals surface area contributed by atoms with Crippen LogP contribution in [-0.2, 0) is 6.42 Å². The number of hydrogen-bond donors (Lipinski definition) is 2. The standard InChI is InChI=1S/C13H17N3O2/c1-9(11-5-3-4-6-12(11)17)14-8-7-13-15-10(2)18-16-13/h3-6,9,14,17H,7-8H2,1-2H3. The number of benzene rings is 1. The van der Waals surface area contributed by atoms with Crippen LogP contribution in [-0.4, -0.2) is 21.8 Å². The molecule has 96 valence electrons. The Balaban J connectivity index is 1.85. The fourth-order valence-corrected chi connectivity index (χ4v) is 1.81. The second-order valence-corrected chi connectivity index (χ2v) is 4.21. The number of para-hydroxylation sites is 1. The third-order valence-electron chi connectivity index (χ3n) is 2.77. The summed E-state index contributed by atoms with van der Waals surface area (Å²) in [5.74, 6) is 1.59. The average molecular weight is 247 g/mol. The summed E-state index contributed by atoms with van der Waals surface area (Å²) in [7, 11) is 0. The van der Waals surface area contributed by atoms with E-state index in [1.807, 2.05) is 25.1 Å². The van der Waals surface area contributed by atoms with Crippen molar-refractivity contribution in [1.82, 2.24) is 15.5 Å². The molecule has 0 saturated heterocycles. The minimum Gasteiger partial charge on any atom is -0.508 e. The van der Waals surface area contributed by atoms with E-state index in [1.54, 1.807) is 13.0 Å². The topological polar surface area (TPSA) is 71.2 Å². The van der Waals surface area contributed by atoms with E-state index in [-0.39, 0.29) is 6.04 Å². The van der Waals surface area contributed by atoms with Crippen LogP contribution in [0.1, 0.15) is 30.2 Å². The van der Waals surface area contributed by atoms with Crippen molar-refractivity contribution >= 4 is 0 Å². The highest BCUT2D eigenvalue weighted by Crippen LogP contribution is 2.22. The van der Waals surface area contributed by atoms with Crippen molar-refractivity contribution in [3.63, 3.8) is 0 Å². The van der Waals surface area contributed by atoms with E-state index >= 15 is 0 Å². The largest absolute Gasteiger partial charge is 0.508 e. The van der Waals surface area contributed by atoms with Crippen LogP contribution >= 0.6 is 0 Å². The predicted molar refractivity (Wildman–Crippen MR) is 67.3 cm³/mol. The Labute approximate surface area is 106 Å². The lowest BCUT2D eigenvalue weighted by Gasteiger charge is -2.14. The lowest BCUT2D eigenvalue weighted by molar-refractivity contribution is 0.386. The van der Waals surface area contributed by atoms with Gasteiger partial charge in [-0.3, -0.25) is 0 Å². The zero-order valence-electron chi connectivity index (χ0n) is 10.6. The average Bonchev–Trinajstić information content (AvgIpc) is 2.75. The minimum atomic E-state index is 0.0826. The van der Waals surface area contributed by atoms with Gasteiger partial charge in [0.2, 0.25) is 5.89 Å². The number of hydrogen-bond acceptors (Lipinski definition) is 5. The first-order chi connectivity index (χ1) is 8.66. The second kappa shape index (κ2) is 5.64. The molecule has 2 N–H and O–H groups in total. The summed E-state index contributed by atoms with van der Waals surface area (Å²) < 4.78 is 4.90. The number of aromatic hydroxyl groups is 1. The number of aromatic nitrogens is 2. The molecule has 1 heterocycles. The smallest absolute Gasteiger partial charge is 0.223 e. The van der Waals surface area contributed by atoms with E-state index < -0.39 is 0 Å². The molecule has 0 radical (unpaired) electrons. The molecule has 0 saturated carbocycles. The SMILES string of the molecule is Cc1nc(CCNC(C)c2ccccc2O)no1. The Morgan fingerprint density at radius 3 is 2.83 bits per heavy atom. The van der Waals surface area contributed by atoms with Crippen molar-refractivity contribution in [2.24, 2.45) is 0 Å². The highest BCUT2D eigenvalue weighted by molar-refractivity contribution is 5.34. The van der Waals surface area contributed by atoms with Crippen molar-refractivity contribution in [3.8, 4) is 5.75 Å². The molecule has 0 amide bonds. The van der Waals surface area contributed by atoms with Gasteiger partial charge >= 0.3 is 0 Å². The van der Waals surface area contributed by atoms with E-state index in [9.17, 15) is 5.11 Å². The van der Waals surface area contributed by atoms with Gasteiger partial charge in [0.15, 0.2) is 5.82 Å². The van der Waals surface area contributed by atoms with Gasteiger partial charge in [-0.05, 0) is 13.0 Å². The van der Waals surface area contributed by atoms with Gasteiger partial charge < -0.3 is 14.9 Å². The second-order valence-electron chi connectivity index (χ2n) is 4.21. The Kier molecular flexibility index (Phi) is 3.94. The summed E-state index contributed by atoms with van der Waals surface area (Å²) in [5.41, 5.74) is 0.891. The molecule has 0 aliphatic heterocycles. The molecule has 2 aromatic rings. The maximum atomic E-state index is 9.72. The zero-order chi connectivity index (χ0) is 13.0. The van der Waals surface area contributed by atoms with Crippen LogP contribution in [0.25, 0.3) is 0 Å². The van der Waals surface area contributed by atoms with Crippen molar-refractivity contribution in [3.05, 3.63) is 41.5 Å². The molecule has 0 aliphatic rings. The maximum absolute atomic E-state index is 9.72. The van der Waals surface area contributed by atoms with E-state index in [2.05, 4.69) is 15.5 Å². The first-order valence-corrected chi connectivity index (χ1v) is 5.97. The maximum Gasteiger partial charge on any atom is 0.223 e. The van der Waals surface area contributed by atoms with Crippen molar-refractivity contribution in [1.29, 1.82) is 0 Å². The van der Waals surface area contributed by atoms with Gasteiger partial charge in [-0.1, -0.05) is 23.4 Å². The summed E-state index contributed by atoms with van der Waals surface area (Å²) in [6.45, 7) is 4.51. The van der Waals surface area contributed by atoms with Crippen LogP contribution in [0.5, 0.6) is 5.75 Å². The number of nitrogens with one attached hydrogen (secondary N) is 1. The molecule has 1 unspecified atom stereocenters. The molecule has 1 aromatic heterocycles. The monoisotopic (exact) mass is 247 g/mol. The van der Waals surface area contributed by atoms with Gasteiger partial charge in [0.1, 0.15) is 5.75 Å². The molecular formula is C13H17N3O2. The fourth-order valence-electron chi connectivity index (χ4n) is 1.81. The number of rotatable bonds is 5. The van der Waals surface area contributed by atoms with Crippen LogP contribution in [0.4, 0.5) is 0 Å². The molecule has 18 heavy (non-hydrogen) atoms. The first-order valence-electron chi connectivity index (χ1n) is 5.97. The third kappa shape index (κ3) is 3.07. The van der Waals surface area contributed by atoms with E-state index in [0.717, 1.165) is 12.1 Å². The molecule has 5 nitrogen and oxygen atoms in total. The normalized spacial score (nSPS) is 12.6. The molecule has 5 heteroatoms. The van der Waals surface area contributed by atoms with E-state index in [0.29, 0.717) is 23.9 Å². The van der Waals surface area contributed by atoms with E-state index in [1.165, 1.54) is 0 Å². The molecule has 1 aromatic carbocycles. The summed E-state index contributed by atoms with van der Waals surface area (Å²) in [5, 5.41) is 16.9. The molecule has 0 spiro atoms. The van der Waals surface area contributed by atoms with Crippen molar-refractivity contribution in [2.45, 2.75) is 26.3 Å². The number of aryl methyl sites for hydroxylation is 1. The van der Waals surface area contributed by atoms with Crippen LogP contribution in [0.3, 0.4) is 0 Å². The lowest BCUT2D eigenvalue weighted by Crippen LogP contribution is -2.21. The van der Waals surface area contributed by atoms with Gasteiger partial charge in [0.05, 0.1) is 0 Å². The molecule has 0 fully saturated rings. The van der Waals surface area contributed by atoms with Gasteiger partial charge in [-0.25, -0.2) is 0 Å². The summed E-state index contributed by atoms with van der Waals surface area (Å²) in [4.78, 5) is 4.13. The quantitative estimate of drug-likeness (QED) is 0.845. The van der Waals surface area contributed by atoms with Crippen LogP contribution < -0.4 is 5.32 Å². The van der Waals surface area contributed by atoms with Crippen LogP contribution in [0.15, 0.2) is 28.8 Å². The zero-order valence-corrected chi connectivity index (χ0v) is 10.6. The summed E-state index contributed by atoms with van der Waals surface area (Å²) in [6, 6.07) is 7.41. The highest BCUT2D eigenvalue weighted by atomic mass is 16.5. The van der Waals surface area contributed by atoms with Crippen LogP contribution in [0.2, 0.25) is 0 Å². The molecule has 0 aliphatic carbocycles. The Morgan fingerprint density at radius 1 is 1.39 bits per heavy atom. The Hall–Kier alpha value is -1.88. The molecule has 0 bridgehead atoms. The molecule has 2 rings (SSSR count). The number of phenols is 1. The third-order valence-corrected chi connectivity index (χ3v) is 2.77. The molecule has 1 atom stereocenters. The number of phenolic OH excluding ortho intramolecular Hbond substituents is 1. The van der Waals surface area contributed by atoms with Gasteiger partial charge in [0, 0.05) is 31.5 Å². The fraction of sp³-hybridized carbons (Fsp3) is 0.385. The minimum absolute atomic E-state index is 0.0826. The van der Waals surface area contributed by atoms with Crippen molar-refractivity contribution < 1.29 is 9.63 Å². The van der Waals surface area contributed by atoms with Crippen molar-refractivity contribution in [2.75, 3.05) is 6.54 Å². The van der Waals surface area contributed by atoms with Gasteiger partial charge in [0.25, 0.3) is 0 Å². The Morgan fingerprint density at radius 2 is 2.17 bits per heavy atom. The lowest BCUT2D eigenvalue weighted by atomic mass is 10.1. The predicted octanol–water partition coefficient (Wildman–Crippen LogP) is 1.98. The first kappa shape index (κ1) is 12.6. The Bertz CT molecular complexity index is 510. The van der Waals surface area contributed by atoms with Gasteiger partial charge in [-0.2, -0.15) is 4.98 Å². The van der Waals surface area contributed by atoms with Crippen LogP contribution in [0, 0.1) is 6.92 Å². The highest BCUT2D eigenvalue weighted by Gasteiger charge is 2.09.